The summed E-state index contributed by atoms with van der Waals surface area (Å²) in [6, 6.07) is 4.21. The number of amides is 2. The first kappa shape index (κ1) is 11.8. The fourth-order valence-corrected chi connectivity index (χ4v) is 3.24. The van der Waals surface area contributed by atoms with Gasteiger partial charge in [0.2, 0.25) is 11.8 Å². The molecule has 2 fully saturated rings. The third kappa shape index (κ3) is 1.61. The molecule has 18 heavy (non-hydrogen) atoms. The van der Waals surface area contributed by atoms with Crippen LogP contribution in [0.4, 0.5) is 10.1 Å². The molecule has 0 N–H and O–H groups in total. The highest BCUT2D eigenvalue weighted by Crippen LogP contribution is 2.41. The van der Waals surface area contributed by atoms with Gasteiger partial charge in [0.05, 0.1) is 22.0 Å². The third-order valence-electron chi connectivity index (χ3n) is 3.75. The van der Waals surface area contributed by atoms with E-state index in [4.69, 9.17) is 0 Å². The van der Waals surface area contributed by atoms with Gasteiger partial charge in [0.25, 0.3) is 0 Å². The van der Waals surface area contributed by atoms with Crippen molar-refractivity contribution in [1.29, 1.82) is 0 Å². The monoisotopic (exact) mass is 311 g/mol. The topological polar surface area (TPSA) is 37.4 Å². The van der Waals surface area contributed by atoms with Crippen LogP contribution in [0.15, 0.2) is 22.7 Å². The molecule has 0 spiro atoms. The van der Waals surface area contributed by atoms with E-state index >= 15 is 0 Å². The fourth-order valence-electron chi connectivity index (χ4n) is 2.87. The van der Waals surface area contributed by atoms with Gasteiger partial charge in [0.15, 0.2) is 0 Å². The molecule has 3 rings (SSSR count). The Labute approximate surface area is 112 Å². The summed E-state index contributed by atoms with van der Waals surface area (Å²) >= 11 is 3.07. The quantitative estimate of drug-likeness (QED) is 0.748. The van der Waals surface area contributed by atoms with Crippen molar-refractivity contribution in [2.45, 2.75) is 19.3 Å². The minimum absolute atomic E-state index is 0.138. The van der Waals surface area contributed by atoms with Gasteiger partial charge in [-0.1, -0.05) is 6.42 Å². The summed E-state index contributed by atoms with van der Waals surface area (Å²) in [7, 11) is 0. The summed E-state index contributed by atoms with van der Waals surface area (Å²) < 4.78 is 13.4. The van der Waals surface area contributed by atoms with Crippen molar-refractivity contribution in [2.75, 3.05) is 4.90 Å². The fraction of sp³-hybridized carbons (Fsp3) is 0.385. The van der Waals surface area contributed by atoms with E-state index in [1.54, 1.807) is 0 Å². The number of fused-ring (bicyclic) bond motifs is 1. The summed E-state index contributed by atoms with van der Waals surface area (Å²) in [6.45, 7) is 0. The van der Waals surface area contributed by atoms with Crippen LogP contribution in [0, 0.1) is 17.7 Å². The number of halogens is 2. The molecule has 0 aromatic heterocycles. The maximum atomic E-state index is 13.2. The minimum Gasteiger partial charge on any atom is -0.274 e. The van der Waals surface area contributed by atoms with Crippen molar-refractivity contribution < 1.29 is 14.0 Å². The molecule has 1 aromatic carbocycles. The van der Waals surface area contributed by atoms with Gasteiger partial charge >= 0.3 is 0 Å². The van der Waals surface area contributed by atoms with Crippen LogP contribution < -0.4 is 4.90 Å². The summed E-state index contributed by atoms with van der Waals surface area (Å²) in [5.41, 5.74) is 0.452. The summed E-state index contributed by atoms with van der Waals surface area (Å²) in [6.07, 6.45) is 2.51. The molecule has 2 aliphatic rings. The Balaban J connectivity index is 1.99. The van der Waals surface area contributed by atoms with E-state index in [1.165, 1.54) is 23.1 Å². The van der Waals surface area contributed by atoms with Gasteiger partial charge in [0, 0.05) is 0 Å². The predicted octanol–water partition coefficient (Wildman–Crippen LogP) is 2.88. The SMILES string of the molecule is O=C1C2CCCC2C(=O)N1c1ccc(F)c(Br)c1. The van der Waals surface area contributed by atoms with E-state index in [9.17, 15) is 14.0 Å². The largest absolute Gasteiger partial charge is 0.274 e. The normalized spacial score (nSPS) is 26.9. The van der Waals surface area contributed by atoms with Gasteiger partial charge in [-0.2, -0.15) is 0 Å². The van der Waals surface area contributed by atoms with Crippen LogP contribution in [0.5, 0.6) is 0 Å². The lowest BCUT2D eigenvalue weighted by molar-refractivity contribution is -0.122. The molecule has 1 saturated carbocycles. The second-order valence-corrected chi connectivity index (χ2v) is 5.61. The molecule has 2 unspecified atom stereocenters. The molecule has 2 amide bonds. The van der Waals surface area contributed by atoms with Crippen LogP contribution in [0.25, 0.3) is 0 Å². The smallest absolute Gasteiger partial charge is 0.237 e. The Hall–Kier alpha value is -1.23. The van der Waals surface area contributed by atoms with Gasteiger partial charge in [0.1, 0.15) is 5.82 Å². The molecule has 1 aliphatic heterocycles. The van der Waals surface area contributed by atoms with Crippen LogP contribution in [0.1, 0.15) is 19.3 Å². The highest BCUT2D eigenvalue weighted by molar-refractivity contribution is 9.10. The third-order valence-corrected chi connectivity index (χ3v) is 4.36. The number of nitrogens with zero attached hydrogens (tertiary/aromatic N) is 1. The number of hydrogen-bond acceptors (Lipinski definition) is 2. The lowest BCUT2D eigenvalue weighted by atomic mass is 10.00. The Kier molecular flexibility index (Phi) is 2.73. The first-order valence-corrected chi connectivity index (χ1v) is 6.72. The maximum Gasteiger partial charge on any atom is 0.237 e. The van der Waals surface area contributed by atoms with E-state index in [0.29, 0.717) is 5.69 Å². The zero-order valence-corrected chi connectivity index (χ0v) is 11.1. The number of carbonyl (C=O) groups excluding carboxylic acids is 2. The van der Waals surface area contributed by atoms with Crippen LogP contribution in [0.2, 0.25) is 0 Å². The van der Waals surface area contributed by atoms with Crippen molar-refractivity contribution in [3.8, 4) is 0 Å². The number of anilines is 1. The number of hydrogen-bond donors (Lipinski definition) is 0. The molecule has 1 aliphatic carbocycles. The molecule has 1 saturated heterocycles. The summed E-state index contributed by atoms with van der Waals surface area (Å²) in [4.78, 5) is 25.6. The van der Waals surface area contributed by atoms with E-state index in [2.05, 4.69) is 15.9 Å². The lowest BCUT2D eigenvalue weighted by Gasteiger charge is -2.16. The molecule has 2 atom stereocenters. The standard InChI is InChI=1S/C13H11BrFNO2/c14-10-6-7(4-5-11(10)15)16-12(17)8-2-1-3-9(8)13(16)18/h4-6,8-9H,1-3H2. The Morgan fingerprint density at radius 3 is 2.33 bits per heavy atom. The van der Waals surface area contributed by atoms with Crippen molar-refractivity contribution in [3.05, 3.63) is 28.5 Å². The molecular weight excluding hydrogens is 301 g/mol. The number of carbonyl (C=O) groups is 2. The van der Waals surface area contributed by atoms with Crippen molar-refractivity contribution >= 4 is 33.4 Å². The van der Waals surface area contributed by atoms with Crippen LogP contribution in [-0.2, 0) is 9.59 Å². The molecular formula is C13H11BrFNO2. The van der Waals surface area contributed by atoms with E-state index in [-0.39, 0.29) is 28.1 Å². The highest BCUT2D eigenvalue weighted by atomic mass is 79.9. The zero-order chi connectivity index (χ0) is 12.9. The maximum absolute atomic E-state index is 13.2. The number of rotatable bonds is 1. The van der Waals surface area contributed by atoms with Crippen LogP contribution >= 0.6 is 15.9 Å². The second-order valence-electron chi connectivity index (χ2n) is 4.75. The average molecular weight is 312 g/mol. The van der Waals surface area contributed by atoms with Gasteiger partial charge in [-0.15, -0.1) is 0 Å². The zero-order valence-electron chi connectivity index (χ0n) is 9.53. The molecule has 5 heteroatoms. The molecule has 0 bridgehead atoms. The Bertz CT molecular complexity index is 524. The second kappa shape index (κ2) is 4.16. The van der Waals surface area contributed by atoms with Gasteiger partial charge in [-0.25, -0.2) is 4.39 Å². The van der Waals surface area contributed by atoms with E-state index in [0.717, 1.165) is 19.3 Å². The van der Waals surface area contributed by atoms with Crippen molar-refractivity contribution in [1.82, 2.24) is 0 Å². The van der Waals surface area contributed by atoms with E-state index in [1.807, 2.05) is 0 Å². The first-order valence-electron chi connectivity index (χ1n) is 5.92. The predicted molar refractivity (Wildman–Crippen MR) is 67.4 cm³/mol. The Morgan fingerprint density at radius 2 is 1.78 bits per heavy atom. The van der Waals surface area contributed by atoms with Crippen LogP contribution in [-0.4, -0.2) is 11.8 Å². The van der Waals surface area contributed by atoms with Gasteiger partial charge < -0.3 is 0 Å². The summed E-state index contributed by atoms with van der Waals surface area (Å²) in [5.74, 6) is -1.01. The molecule has 1 heterocycles. The lowest BCUT2D eigenvalue weighted by Crippen LogP contribution is -2.31. The molecule has 3 nitrogen and oxygen atoms in total. The molecule has 1 aromatic rings. The molecule has 94 valence electrons. The summed E-state index contributed by atoms with van der Waals surface area (Å²) in [5, 5.41) is 0. The van der Waals surface area contributed by atoms with Gasteiger partial charge in [-0.05, 0) is 47.0 Å². The average Bonchev–Trinajstić information content (AvgIpc) is 2.89. The first-order chi connectivity index (χ1) is 8.59. The number of imide groups is 1. The minimum atomic E-state index is -0.405. The van der Waals surface area contributed by atoms with E-state index < -0.39 is 5.82 Å². The van der Waals surface area contributed by atoms with Gasteiger partial charge in [-0.3, -0.25) is 14.5 Å². The molecule has 0 radical (unpaired) electrons. The number of benzene rings is 1. The van der Waals surface area contributed by atoms with Crippen LogP contribution in [0.3, 0.4) is 0 Å². The van der Waals surface area contributed by atoms with Crippen molar-refractivity contribution in [2.24, 2.45) is 11.8 Å². The van der Waals surface area contributed by atoms with Crippen molar-refractivity contribution in [3.63, 3.8) is 0 Å². The highest BCUT2D eigenvalue weighted by Gasteiger charge is 2.50. The Morgan fingerprint density at radius 1 is 1.17 bits per heavy atom.